The quantitative estimate of drug-likeness (QED) is 0.692. The highest BCUT2D eigenvalue weighted by atomic mass is 16.5. The average Bonchev–Trinajstić information content (AvgIpc) is 3.03. The molecule has 25 heavy (non-hydrogen) atoms. The van der Waals surface area contributed by atoms with Crippen LogP contribution >= 0.6 is 0 Å². The van der Waals surface area contributed by atoms with E-state index in [-0.39, 0.29) is 5.56 Å². The maximum absolute atomic E-state index is 12.1. The molecule has 0 aliphatic carbocycles. The molecule has 0 amide bonds. The predicted octanol–water partition coefficient (Wildman–Crippen LogP) is 2.32. The van der Waals surface area contributed by atoms with Crippen LogP contribution in [0.25, 0.3) is 10.9 Å². The van der Waals surface area contributed by atoms with Gasteiger partial charge < -0.3 is 14.1 Å². The molecule has 0 aliphatic heterocycles. The second-order valence-electron chi connectivity index (χ2n) is 5.68. The van der Waals surface area contributed by atoms with Gasteiger partial charge in [0.05, 0.1) is 36.9 Å². The van der Waals surface area contributed by atoms with Gasteiger partial charge in [0.1, 0.15) is 17.1 Å². The molecule has 0 saturated carbocycles. The first-order valence-electron chi connectivity index (χ1n) is 7.98. The van der Waals surface area contributed by atoms with Crippen molar-refractivity contribution in [2.24, 2.45) is 0 Å². The minimum Gasteiger partial charge on any atom is -0.467 e. The molecule has 130 valence electrons. The number of hydrogen-bond acceptors (Lipinski definition) is 6. The first kappa shape index (κ1) is 16.9. The number of carbonyl (C=O) groups is 1. The summed E-state index contributed by atoms with van der Waals surface area (Å²) < 4.78 is 10.4. The molecule has 2 heterocycles. The van der Waals surface area contributed by atoms with E-state index in [1.165, 1.54) is 6.26 Å². The van der Waals surface area contributed by atoms with Crippen molar-refractivity contribution in [3.63, 3.8) is 0 Å². The van der Waals surface area contributed by atoms with Crippen molar-refractivity contribution in [2.75, 3.05) is 13.7 Å². The molecule has 3 rings (SSSR count). The van der Waals surface area contributed by atoms with E-state index in [4.69, 9.17) is 9.15 Å². The molecule has 7 nitrogen and oxygen atoms in total. The molecule has 1 N–H and O–H groups in total. The van der Waals surface area contributed by atoms with Gasteiger partial charge in [-0.15, -0.1) is 0 Å². The van der Waals surface area contributed by atoms with Crippen LogP contribution in [0.1, 0.15) is 28.9 Å². The Morgan fingerprint density at radius 2 is 2.08 bits per heavy atom. The number of furan rings is 1. The number of rotatable bonds is 6. The molecule has 0 radical (unpaired) electrons. The zero-order valence-electron chi connectivity index (χ0n) is 14.1. The number of hydrogen-bond donors (Lipinski definition) is 1. The summed E-state index contributed by atoms with van der Waals surface area (Å²) in [4.78, 5) is 33.2. The number of H-pyrrole nitrogens is 1. The number of esters is 1. The molecule has 0 atom stereocenters. The third kappa shape index (κ3) is 3.77. The third-order valence-electron chi connectivity index (χ3n) is 3.74. The molecular weight excluding hydrogens is 322 g/mol. The lowest BCUT2D eigenvalue weighted by Crippen LogP contribution is -2.22. The number of fused-ring (bicyclic) bond motifs is 1. The van der Waals surface area contributed by atoms with Gasteiger partial charge in [-0.3, -0.25) is 9.69 Å². The van der Waals surface area contributed by atoms with Gasteiger partial charge >= 0.3 is 5.97 Å². The van der Waals surface area contributed by atoms with Gasteiger partial charge in [-0.25, -0.2) is 9.78 Å². The summed E-state index contributed by atoms with van der Waals surface area (Å²) in [5.41, 5.74) is 0.896. The average molecular weight is 341 g/mol. The Morgan fingerprint density at radius 1 is 1.28 bits per heavy atom. The highest BCUT2D eigenvalue weighted by Gasteiger charge is 2.17. The van der Waals surface area contributed by atoms with Crippen LogP contribution in [0, 0.1) is 0 Å². The third-order valence-corrected chi connectivity index (χ3v) is 3.74. The van der Waals surface area contributed by atoms with Crippen molar-refractivity contribution < 1.29 is 13.9 Å². The lowest BCUT2D eigenvalue weighted by Gasteiger charge is -2.15. The van der Waals surface area contributed by atoms with E-state index >= 15 is 0 Å². The summed E-state index contributed by atoms with van der Waals surface area (Å²) in [5.74, 6) is 0.663. The van der Waals surface area contributed by atoms with Gasteiger partial charge in [0, 0.05) is 0 Å². The van der Waals surface area contributed by atoms with Gasteiger partial charge in [0.25, 0.3) is 5.56 Å². The highest BCUT2D eigenvalue weighted by Crippen LogP contribution is 2.15. The topological polar surface area (TPSA) is 88.4 Å². The van der Waals surface area contributed by atoms with Crippen LogP contribution in [0.5, 0.6) is 0 Å². The van der Waals surface area contributed by atoms with Crippen LogP contribution in [0.4, 0.5) is 0 Å². The van der Waals surface area contributed by atoms with Gasteiger partial charge in [-0.1, -0.05) is 12.1 Å². The molecule has 1 aromatic carbocycles. The van der Waals surface area contributed by atoms with E-state index in [1.54, 1.807) is 31.2 Å². The van der Waals surface area contributed by atoms with Gasteiger partial charge in [0.2, 0.25) is 0 Å². The van der Waals surface area contributed by atoms with Crippen LogP contribution in [-0.4, -0.2) is 34.5 Å². The summed E-state index contributed by atoms with van der Waals surface area (Å²) >= 11 is 0. The van der Waals surface area contributed by atoms with Gasteiger partial charge in [-0.2, -0.15) is 0 Å². The predicted molar refractivity (Wildman–Crippen MR) is 92.2 cm³/mol. The first-order valence-corrected chi connectivity index (χ1v) is 7.98. The fourth-order valence-electron chi connectivity index (χ4n) is 2.62. The normalized spacial score (nSPS) is 11.2. The molecule has 3 aromatic rings. The monoisotopic (exact) mass is 341 g/mol. The number of carbonyl (C=O) groups excluding carboxylic acids is 1. The van der Waals surface area contributed by atoms with Crippen LogP contribution in [0.15, 0.2) is 45.8 Å². The van der Waals surface area contributed by atoms with Crippen LogP contribution in [0.3, 0.4) is 0 Å². The van der Waals surface area contributed by atoms with E-state index in [1.807, 2.05) is 18.0 Å². The molecule has 7 heteroatoms. The molecular formula is C18H19N3O4. The van der Waals surface area contributed by atoms with Gasteiger partial charge in [-0.05, 0) is 32.2 Å². The molecule has 2 aromatic heterocycles. The number of benzene rings is 1. The summed E-state index contributed by atoms with van der Waals surface area (Å²) in [6.45, 7) is 2.85. The van der Waals surface area contributed by atoms with E-state index < -0.39 is 5.97 Å². The van der Waals surface area contributed by atoms with Crippen molar-refractivity contribution >= 4 is 16.9 Å². The van der Waals surface area contributed by atoms with Crippen molar-refractivity contribution in [1.82, 2.24) is 14.9 Å². The maximum atomic E-state index is 12.1. The summed E-state index contributed by atoms with van der Waals surface area (Å²) in [5, 5.41) is 0.560. The smallest absolute Gasteiger partial charge is 0.341 e. The lowest BCUT2D eigenvalue weighted by atomic mass is 10.2. The Balaban J connectivity index is 1.75. The second kappa shape index (κ2) is 7.31. The number of ether oxygens (including phenoxy) is 1. The van der Waals surface area contributed by atoms with E-state index in [9.17, 15) is 9.59 Å². The van der Waals surface area contributed by atoms with E-state index in [0.29, 0.717) is 47.7 Å². The number of aromatic amines is 1. The molecule has 0 aliphatic rings. The standard InChI is InChI=1S/C18H19N3O4/c1-3-24-18(23)13-8-9-25-15(13)10-21(2)11-16-19-14-7-5-4-6-12(14)17(22)20-16/h4-9H,3,10-11H2,1-2H3,(H,19,20,22). The Hall–Kier alpha value is -2.93. The fraction of sp³-hybridized carbons (Fsp3) is 0.278. The Labute approximate surface area is 144 Å². The molecule has 0 bridgehead atoms. The van der Waals surface area contributed by atoms with Crippen molar-refractivity contribution in [2.45, 2.75) is 20.0 Å². The number of nitrogens with zero attached hydrogens (tertiary/aromatic N) is 2. The largest absolute Gasteiger partial charge is 0.467 e. The van der Waals surface area contributed by atoms with Crippen LogP contribution in [-0.2, 0) is 17.8 Å². The van der Waals surface area contributed by atoms with Gasteiger partial charge in [0.15, 0.2) is 0 Å². The van der Waals surface area contributed by atoms with E-state index in [0.717, 1.165) is 0 Å². The number of para-hydroxylation sites is 1. The van der Waals surface area contributed by atoms with Crippen molar-refractivity contribution in [1.29, 1.82) is 0 Å². The zero-order valence-corrected chi connectivity index (χ0v) is 14.1. The lowest BCUT2D eigenvalue weighted by molar-refractivity contribution is 0.0522. The molecule has 0 saturated heterocycles. The minimum absolute atomic E-state index is 0.167. The Bertz CT molecular complexity index is 945. The number of aromatic nitrogens is 2. The first-order chi connectivity index (χ1) is 12.1. The summed E-state index contributed by atoms with van der Waals surface area (Å²) in [6, 6.07) is 8.79. The summed E-state index contributed by atoms with van der Waals surface area (Å²) in [7, 11) is 1.85. The summed E-state index contributed by atoms with van der Waals surface area (Å²) in [6.07, 6.45) is 1.46. The SMILES string of the molecule is CCOC(=O)c1ccoc1CN(C)Cc1nc2ccccc2c(=O)[nH]1. The van der Waals surface area contributed by atoms with Crippen molar-refractivity contribution in [3.8, 4) is 0 Å². The molecule has 0 fully saturated rings. The highest BCUT2D eigenvalue weighted by molar-refractivity contribution is 5.90. The maximum Gasteiger partial charge on any atom is 0.341 e. The fourth-order valence-corrected chi connectivity index (χ4v) is 2.62. The molecule has 0 unspecified atom stereocenters. The second-order valence-corrected chi connectivity index (χ2v) is 5.68. The van der Waals surface area contributed by atoms with Crippen molar-refractivity contribution in [3.05, 3.63) is 64.1 Å². The van der Waals surface area contributed by atoms with E-state index in [2.05, 4.69) is 9.97 Å². The zero-order chi connectivity index (χ0) is 17.8. The Morgan fingerprint density at radius 3 is 2.88 bits per heavy atom. The van der Waals surface area contributed by atoms with Crippen LogP contribution < -0.4 is 5.56 Å². The van der Waals surface area contributed by atoms with Crippen LogP contribution in [0.2, 0.25) is 0 Å². The molecule has 0 spiro atoms. The minimum atomic E-state index is -0.406. The Kier molecular flexibility index (Phi) is 4.95. The number of nitrogens with one attached hydrogen (secondary N) is 1.